The fourth-order valence-electron chi connectivity index (χ4n) is 1.52. The molecular weight excluding hydrogens is 230 g/mol. The van der Waals surface area contributed by atoms with Crippen LogP contribution in [-0.2, 0) is 6.61 Å². The van der Waals surface area contributed by atoms with Gasteiger partial charge in [-0.2, -0.15) is 0 Å². The fraction of sp³-hybridized carbons (Fsp3) is 0.400. The zero-order valence-electron chi connectivity index (χ0n) is 9.72. The maximum atomic E-state index is 10.9. The minimum Gasteiger partial charge on any atom is -0.496 e. The Morgan fingerprint density at radius 3 is 2.18 bits per heavy atom. The van der Waals surface area contributed by atoms with Gasteiger partial charge in [0.1, 0.15) is 5.75 Å². The summed E-state index contributed by atoms with van der Waals surface area (Å²) in [7, 11) is 3.97. The molecule has 17 heavy (non-hydrogen) atoms. The third-order valence-electron chi connectivity index (χ3n) is 2.26. The molecule has 0 unspecified atom stereocenters. The molecule has 0 aliphatic heterocycles. The van der Waals surface area contributed by atoms with Crippen molar-refractivity contribution in [2.45, 2.75) is 6.61 Å². The highest BCUT2D eigenvalue weighted by atomic mass is 16.6. The van der Waals surface area contributed by atoms with Crippen molar-refractivity contribution >= 4 is 5.69 Å². The molecule has 0 atom stereocenters. The van der Waals surface area contributed by atoms with Gasteiger partial charge in [0.25, 0.3) is 0 Å². The molecule has 7 nitrogen and oxygen atoms in total. The van der Waals surface area contributed by atoms with Crippen LogP contribution in [0.1, 0.15) is 5.56 Å². The highest BCUT2D eigenvalue weighted by Crippen LogP contribution is 2.44. The Bertz CT molecular complexity index is 431. The van der Waals surface area contributed by atoms with Crippen LogP contribution >= 0.6 is 0 Å². The van der Waals surface area contributed by atoms with E-state index in [1.165, 1.54) is 27.4 Å². The molecule has 1 aromatic rings. The Hall–Kier alpha value is -2.02. The van der Waals surface area contributed by atoms with E-state index < -0.39 is 4.92 Å². The van der Waals surface area contributed by atoms with Crippen molar-refractivity contribution in [3.8, 4) is 17.2 Å². The number of hydrogen-bond donors (Lipinski definition) is 1. The van der Waals surface area contributed by atoms with E-state index in [2.05, 4.69) is 0 Å². The predicted octanol–water partition coefficient (Wildman–Crippen LogP) is 1.11. The van der Waals surface area contributed by atoms with Crippen molar-refractivity contribution in [2.75, 3.05) is 21.3 Å². The van der Waals surface area contributed by atoms with Gasteiger partial charge in [0, 0.05) is 0 Å². The quantitative estimate of drug-likeness (QED) is 0.615. The first-order valence-corrected chi connectivity index (χ1v) is 4.67. The molecule has 0 heterocycles. The Morgan fingerprint density at radius 1 is 1.24 bits per heavy atom. The molecule has 0 spiro atoms. The van der Waals surface area contributed by atoms with E-state index >= 15 is 0 Å². The van der Waals surface area contributed by atoms with Crippen LogP contribution in [0, 0.1) is 10.1 Å². The van der Waals surface area contributed by atoms with Gasteiger partial charge in [-0.15, -0.1) is 0 Å². The minimum absolute atomic E-state index is 0.0395. The van der Waals surface area contributed by atoms with Crippen LogP contribution in [0.15, 0.2) is 6.07 Å². The lowest BCUT2D eigenvalue weighted by Gasteiger charge is -2.14. The van der Waals surface area contributed by atoms with Crippen molar-refractivity contribution in [2.24, 2.45) is 0 Å². The molecule has 0 aromatic heterocycles. The Balaban J connectivity index is 3.60. The van der Waals surface area contributed by atoms with Crippen LogP contribution in [0.5, 0.6) is 17.2 Å². The first-order valence-electron chi connectivity index (χ1n) is 4.67. The van der Waals surface area contributed by atoms with Crippen molar-refractivity contribution in [1.29, 1.82) is 0 Å². The third-order valence-corrected chi connectivity index (χ3v) is 2.26. The van der Waals surface area contributed by atoms with Gasteiger partial charge in [0.05, 0.1) is 44.5 Å². The van der Waals surface area contributed by atoms with Crippen LogP contribution in [0.3, 0.4) is 0 Å². The van der Waals surface area contributed by atoms with Crippen LogP contribution in [0.2, 0.25) is 0 Å². The second-order valence-electron chi connectivity index (χ2n) is 3.06. The molecule has 1 rings (SSSR count). The van der Waals surface area contributed by atoms with Crippen molar-refractivity contribution in [3.05, 3.63) is 21.7 Å². The second-order valence-corrected chi connectivity index (χ2v) is 3.06. The molecular formula is C10H13NO6. The summed E-state index contributed by atoms with van der Waals surface area (Å²) < 4.78 is 14.9. The van der Waals surface area contributed by atoms with Crippen molar-refractivity contribution in [3.63, 3.8) is 0 Å². The summed E-state index contributed by atoms with van der Waals surface area (Å²) in [6, 6.07) is 1.19. The van der Waals surface area contributed by atoms with E-state index in [-0.39, 0.29) is 29.5 Å². The lowest BCUT2D eigenvalue weighted by Crippen LogP contribution is -2.03. The molecule has 0 saturated heterocycles. The first-order chi connectivity index (χ1) is 8.10. The van der Waals surface area contributed by atoms with E-state index in [4.69, 9.17) is 14.2 Å². The monoisotopic (exact) mass is 243 g/mol. The molecule has 0 radical (unpaired) electrons. The number of rotatable bonds is 5. The van der Waals surface area contributed by atoms with E-state index in [1.807, 2.05) is 0 Å². The molecule has 0 fully saturated rings. The second kappa shape index (κ2) is 5.35. The van der Waals surface area contributed by atoms with Gasteiger partial charge >= 0.3 is 5.69 Å². The van der Waals surface area contributed by atoms with Crippen LogP contribution in [0.25, 0.3) is 0 Å². The molecule has 1 N–H and O–H groups in total. The molecule has 0 aliphatic rings. The zero-order valence-corrected chi connectivity index (χ0v) is 9.72. The van der Waals surface area contributed by atoms with Gasteiger partial charge in [-0.3, -0.25) is 10.1 Å². The summed E-state index contributed by atoms with van der Waals surface area (Å²) in [6.45, 7) is -0.374. The summed E-state index contributed by atoms with van der Waals surface area (Å²) in [6.07, 6.45) is 0. The topological polar surface area (TPSA) is 91.1 Å². The zero-order chi connectivity index (χ0) is 13.0. The predicted molar refractivity (Wildman–Crippen MR) is 58.7 cm³/mol. The number of ether oxygens (including phenoxy) is 3. The maximum absolute atomic E-state index is 10.9. The lowest BCUT2D eigenvalue weighted by atomic mass is 10.1. The molecule has 94 valence electrons. The van der Waals surface area contributed by atoms with Gasteiger partial charge in [0.2, 0.25) is 5.75 Å². The van der Waals surface area contributed by atoms with E-state index in [0.29, 0.717) is 5.56 Å². The summed E-state index contributed by atoms with van der Waals surface area (Å²) in [5.41, 5.74) is 0.0239. The SMILES string of the molecule is COc1cc([N+](=O)[O-])c(OC)c(OC)c1CO. The Labute approximate surface area is 97.7 Å². The molecule has 7 heteroatoms. The Kier molecular flexibility index (Phi) is 4.11. The molecule has 0 amide bonds. The highest BCUT2D eigenvalue weighted by molar-refractivity contribution is 5.64. The van der Waals surface area contributed by atoms with Crippen LogP contribution in [0.4, 0.5) is 5.69 Å². The van der Waals surface area contributed by atoms with Gasteiger partial charge in [-0.25, -0.2) is 0 Å². The number of aliphatic hydroxyl groups excluding tert-OH is 1. The summed E-state index contributed by atoms with van der Waals surface area (Å²) in [5.74, 6) is 0.236. The van der Waals surface area contributed by atoms with Gasteiger partial charge in [0.15, 0.2) is 5.75 Å². The standard InChI is InChI=1S/C10H13NO6/c1-15-8-4-7(11(13)14)10(17-3)9(16-2)6(8)5-12/h4,12H,5H2,1-3H3. The van der Waals surface area contributed by atoms with E-state index in [1.54, 1.807) is 0 Å². The number of methoxy groups -OCH3 is 3. The molecule has 1 aromatic carbocycles. The van der Waals surface area contributed by atoms with E-state index in [0.717, 1.165) is 0 Å². The third kappa shape index (κ3) is 2.23. The Morgan fingerprint density at radius 2 is 1.82 bits per heavy atom. The largest absolute Gasteiger partial charge is 0.496 e. The summed E-state index contributed by atoms with van der Waals surface area (Å²) in [5, 5.41) is 20.1. The van der Waals surface area contributed by atoms with Gasteiger partial charge < -0.3 is 19.3 Å². The highest BCUT2D eigenvalue weighted by Gasteiger charge is 2.26. The number of hydrogen-bond acceptors (Lipinski definition) is 6. The summed E-state index contributed by atoms with van der Waals surface area (Å²) >= 11 is 0. The maximum Gasteiger partial charge on any atom is 0.318 e. The van der Waals surface area contributed by atoms with Crippen LogP contribution in [-0.4, -0.2) is 31.4 Å². The average molecular weight is 243 g/mol. The first kappa shape index (κ1) is 13.0. The average Bonchev–Trinajstić information content (AvgIpc) is 2.35. The molecule has 0 saturated carbocycles. The number of benzene rings is 1. The molecule has 0 aliphatic carbocycles. The van der Waals surface area contributed by atoms with E-state index in [9.17, 15) is 15.2 Å². The van der Waals surface area contributed by atoms with Gasteiger partial charge in [-0.1, -0.05) is 0 Å². The molecule has 0 bridgehead atoms. The number of nitro benzene ring substituents is 1. The smallest absolute Gasteiger partial charge is 0.318 e. The minimum atomic E-state index is -0.606. The summed E-state index contributed by atoms with van der Waals surface area (Å²) in [4.78, 5) is 10.3. The van der Waals surface area contributed by atoms with Gasteiger partial charge in [-0.05, 0) is 0 Å². The van der Waals surface area contributed by atoms with Crippen molar-refractivity contribution in [1.82, 2.24) is 0 Å². The van der Waals surface area contributed by atoms with Crippen molar-refractivity contribution < 1.29 is 24.2 Å². The van der Waals surface area contributed by atoms with Crippen LogP contribution < -0.4 is 14.2 Å². The number of nitro groups is 1. The normalized spacial score (nSPS) is 9.88. The number of nitrogens with zero attached hydrogens (tertiary/aromatic N) is 1. The fourth-order valence-corrected chi connectivity index (χ4v) is 1.52. The number of aliphatic hydroxyl groups is 1. The lowest BCUT2D eigenvalue weighted by molar-refractivity contribution is -0.385.